The number of hydrogen-bond donors (Lipinski definition) is 2. The highest BCUT2D eigenvalue weighted by molar-refractivity contribution is 5.44. The molecule has 0 aliphatic heterocycles. The number of phenols is 1. The minimum Gasteiger partial charge on any atom is -0.507 e. The third kappa shape index (κ3) is 2.22. The molecule has 0 aliphatic carbocycles. The molecular weight excluding hydrogens is 162 g/mol. The lowest BCUT2D eigenvalue weighted by Gasteiger charge is -2.09. The van der Waals surface area contributed by atoms with E-state index in [1.54, 1.807) is 0 Å². The van der Waals surface area contributed by atoms with Crippen LogP contribution in [0.1, 0.15) is 23.1 Å². The Morgan fingerprint density at radius 3 is 2.46 bits per heavy atom. The predicted molar refractivity (Wildman–Crippen MR) is 55.0 cm³/mol. The maximum Gasteiger partial charge on any atom is 0.121 e. The number of hydrogen-bond acceptors (Lipinski definition) is 2. The van der Waals surface area contributed by atoms with Gasteiger partial charge in [-0.25, -0.2) is 0 Å². The highest BCUT2D eigenvalue weighted by atomic mass is 16.3. The minimum absolute atomic E-state index is 0.438. The largest absolute Gasteiger partial charge is 0.507 e. The summed E-state index contributed by atoms with van der Waals surface area (Å²) in [6, 6.07) is 3.98. The first-order valence-corrected chi connectivity index (χ1v) is 4.65. The van der Waals surface area contributed by atoms with Gasteiger partial charge in [-0.3, -0.25) is 0 Å². The van der Waals surface area contributed by atoms with Gasteiger partial charge in [0.15, 0.2) is 0 Å². The zero-order valence-corrected chi connectivity index (χ0v) is 8.30. The van der Waals surface area contributed by atoms with E-state index in [0.717, 1.165) is 29.5 Å². The molecule has 0 unspecified atom stereocenters. The van der Waals surface area contributed by atoms with E-state index in [1.807, 2.05) is 26.0 Å². The van der Waals surface area contributed by atoms with Crippen molar-refractivity contribution < 1.29 is 5.11 Å². The second-order valence-corrected chi connectivity index (χ2v) is 3.42. The van der Waals surface area contributed by atoms with Crippen LogP contribution in [0, 0.1) is 13.8 Å². The van der Waals surface area contributed by atoms with Gasteiger partial charge in [0.1, 0.15) is 5.75 Å². The van der Waals surface area contributed by atoms with Crippen molar-refractivity contribution in [2.45, 2.75) is 26.7 Å². The molecule has 0 aromatic heterocycles. The molecule has 0 heterocycles. The lowest BCUT2D eigenvalue weighted by atomic mass is 10.00. The third-order valence-corrected chi connectivity index (χ3v) is 2.35. The van der Waals surface area contributed by atoms with E-state index >= 15 is 0 Å². The summed E-state index contributed by atoms with van der Waals surface area (Å²) >= 11 is 0. The molecule has 0 fully saturated rings. The fraction of sp³-hybridized carbons (Fsp3) is 0.455. The van der Waals surface area contributed by atoms with Crippen molar-refractivity contribution in [2.75, 3.05) is 6.54 Å². The van der Waals surface area contributed by atoms with Gasteiger partial charge < -0.3 is 10.8 Å². The minimum atomic E-state index is 0.438. The highest BCUT2D eigenvalue weighted by Gasteiger charge is 2.06. The van der Waals surface area contributed by atoms with E-state index in [4.69, 9.17) is 5.73 Å². The normalized spacial score (nSPS) is 10.4. The molecule has 72 valence electrons. The van der Waals surface area contributed by atoms with Crippen LogP contribution in [0.25, 0.3) is 0 Å². The number of phenolic OH excluding ortho intramolecular Hbond substituents is 1. The Labute approximate surface area is 79.4 Å². The van der Waals surface area contributed by atoms with Crippen LogP contribution >= 0.6 is 0 Å². The molecule has 0 aliphatic rings. The van der Waals surface area contributed by atoms with Gasteiger partial charge in [0.2, 0.25) is 0 Å². The summed E-state index contributed by atoms with van der Waals surface area (Å²) in [5.41, 5.74) is 8.57. The number of benzene rings is 1. The third-order valence-electron chi connectivity index (χ3n) is 2.35. The van der Waals surface area contributed by atoms with Gasteiger partial charge in [0.25, 0.3) is 0 Å². The first kappa shape index (κ1) is 10.1. The Kier molecular flexibility index (Phi) is 3.32. The van der Waals surface area contributed by atoms with Crippen LogP contribution in [0.4, 0.5) is 0 Å². The van der Waals surface area contributed by atoms with Gasteiger partial charge in [-0.05, 0) is 49.9 Å². The van der Waals surface area contributed by atoms with Crippen LogP contribution in [0.2, 0.25) is 0 Å². The molecule has 0 bridgehead atoms. The van der Waals surface area contributed by atoms with Gasteiger partial charge >= 0.3 is 0 Å². The summed E-state index contributed by atoms with van der Waals surface area (Å²) in [5, 5.41) is 9.76. The standard InChI is InChI=1S/C11H17NO/c1-8-5-6-9(2)11(13)10(8)4-3-7-12/h5-6,13H,3-4,7,12H2,1-2H3. The van der Waals surface area contributed by atoms with E-state index in [2.05, 4.69) is 0 Å². The van der Waals surface area contributed by atoms with Crippen LogP contribution in [0.5, 0.6) is 5.75 Å². The van der Waals surface area contributed by atoms with Crippen molar-refractivity contribution >= 4 is 0 Å². The summed E-state index contributed by atoms with van der Waals surface area (Å²) in [4.78, 5) is 0. The second-order valence-electron chi connectivity index (χ2n) is 3.42. The van der Waals surface area contributed by atoms with Crippen molar-refractivity contribution in [3.05, 3.63) is 28.8 Å². The predicted octanol–water partition coefficient (Wildman–Crippen LogP) is 1.90. The molecule has 1 rings (SSSR count). The second kappa shape index (κ2) is 4.28. The molecule has 2 nitrogen and oxygen atoms in total. The number of aromatic hydroxyl groups is 1. The number of rotatable bonds is 3. The monoisotopic (exact) mass is 179 g/mol. The van der Waals surface area contributed by atoms with E-state index in [1.165, 1.54) is 0 Å². The van der Waals surface area contributed by atoms with Crippen molar-refractivity contribution in [1.29, 1.82) is 0 Å². The molecule has 0 saturated carbocycles. The molecule has 0 amide bonds. The maximum atomic E-state index is 9.76. The Bertz CT molecular complexity index is 294. The Hall–Kier alpha value is -1.02. The molecule has 1 aromatic carbocycles. The Morgan fingerprint density at radius 2 is 1.85 bits per heavy atom. The molecule has 1 aromatic rings. The number of nitrogens with two attached hydrogens (primary N) is 1. The first-order chi connectivity index (χ1) is 6.16. The topological polar surface area (TPSA) is 46.2 Å². The quantitative estimate of drug-likeness (QED) is 0.744. The maximum absolute atomic E-state index is 9.76. The van der Waals surface area contributed by atoms with Gasteiger partial charge in [-0.15, -0.1) is 0 Å². The molecular formula is C11H17NO. The number of aryl methyl sites for hydroxylation is 2. The molecule has 0 atom stereocenters. The van der Waals surface area contributed by atoms with Gasteiger partial charge in [-0.2, -0.15) is 0 Å². The first-order valence-electron chi connectivity index (χ1n) is 4.65. The van der Waals surface area contributed by atoms with Gasteiger partial charge in [-0.1, -0.05) is 12.1 Å². The fourth-order valence-corrected chi connectivity index (χ4v) is 1.45. The van der Waals surface area contributed by atoms with Crippen molar-refractivity contribution in [3.63, 3.8) is 0 Å². The van der Waals surface area contributed by atoms with E-state index in [-0.39, 0.29) is 0 Å². The lowest BCUT2D eigenvalue weighted by Crippen LogP contribution is -2.02. The summed E-state index contributed by atoms with van der Waals surface area (Å²) < 4.78 is 0. The molecule has 3 N–H and O–H groups in total. The van der Waals surface area contributed by atoms with E-state index in [9.17, 15) is 5.11 Å². The average molecular weight is 179 g/mol. The van der Waals surface area contributed by atoms with Crippen molar-refractivity contribution in [2.24, 2.45) is 5.73 Å². The molecule has 0 radical (unpaired) electrons. The smallest absolute Gasteiger partial charge is 0.121 e. The molecule has 0 spiro atoms. The van der Waals surface area contributed by atoms with E-state index < -0.39 is 0 Å². The molecule has 2 heteroatoms. The summed E-state index contributed by atoms with van der Waals surface area (Å²) in [5.74, 6) is 0.438. The SMILES string of the molecule is Cc1ccc(C)c(CCCN)c1O. The van der Waals surface area contributed by atoms with Crippen LogP contribution in [0.3, 0.4) is 0 Å². The Morgan fingerprint density at radius 1 is 1.23 bits per heavy atom. The van der Waals surface area contributed by atoms with Gasteiger partial charge in [0, 0.05) is 0 Å². The van der Waals surface area contributed by atoms with Crippen molar-refractivity contribution in [3.8, 4) is 5.75 Å². The van der Waals surface area contributed by atoms with Crippen LogP contribution in [0.15, 0.2) is 12.1 Å². The zero-order valence-electron chi connectivity index (χ0n) is 8.30. The summed E-state index contributed by atoms with van der Waals surface area (Å²) in [7, 11) is 0. The lowest BCUT2D eigenvalue weighted by molar-refractivity contribution is 0.462. The van der Waals surface area contributed by atoms with Gasteiger partial charge in [0.05, 0.1) is 0 Å². The van der Waals surface area contributed by atoms with Crippen LogP contribution in [-0.4, -0.2) is 11.7 Å². The Balaban J connectivity index is 2.96. The summed E-state index contributed by atoms with van der Waals surface area (Å²) in [6.45, 7) is 4.61. The molecule has 0 saturated heterocycles. The molecule has 13 heavy (non-hydrogen) atoms. The summed E-state index contributed by atoms with van der Waals surface area (Å²) in [6.07, 6.45) is 1.80. The van der Waals surface area contributed by atoms with Crippen molar-refractivity contribution in [1.82, 2.24) is 0 Å². The van der Waals surface area contributed by atoms with Crippen LogP contribution in [-0.2, 0) is 6.42 Å². The highest BCUT2D eigenvalue weighted by Crippen LogP contribution is 2.25. The average Bonchev–Trinajstić information content (AvgIpc) is 2.12. The zero-order chi connectivity index (χ0) is 9.84. The van der Waals surface area contributed by atoms with E-state index in [0.29, 0.717) is 12.3 Å². The van der Waals surface area contributed by atoms with Crippen LogP contribution < -0.4 is 5.73 Å². The fourth-order valence-electron chi connectivity index (χ4n) is 1.45.